The zero-order valence-electron chi connectivity index (χ0n) is 21.6. The van der Waals surface area contributed by atoms with E-state index in [-0.39, 0.29) is 39.4 Å². The van der Waals surface area contributed by atoms with Gasteiger partial charge in [0.1, 0.15) is 36.0 Å². The van der Waals surface area contributed by atoms with Gasteiger partial charge in [-0.25, -0.2) is 19.6 Å². The Morgan fingerprint density at radius 2 is 1.92 bits per heavy atom. The van der Waals surface area contributed by atoms with E-state index in [0.717, 1.165) is 5.39 Å². The summed E-state index contributed by atoms with van der Waals surface area (Å²) in [5, 5.41) is 11.3. The highest BCUT2D eigenvalue weighted by atomic mass is 16.6. The van der Waals surface area contributed by atoms with Crippen molar-refractivity contribution in [2.75, 3.05) is 37.9 Å². The van der Waals surface area contributed by atoms with Gasteiger partial charge in [-0.05, 0) is 39.8 Å². The maximum Gasteiger partial charge on any atom is 0.332 e. The number of carbonyl (C=O) groups excluding carboxylic acids is 2. The van der Waals surface area contributed by atoms with Gasteiger partial charge in [0.15, 0.2) is 17.2 Å². The molecule has 0 amide bonds. The minimum atomic E-state index is -0.733. The average Bonchev–Trinajstić information content (AvgIpc) is 3.40. The molecule has 1 aromatic carbocycles. The van der Waals surface area contributed by atoms with Gasteiger partial charge in [0.05, 0.1) is 25.9 Å². The molecule has 0 unspecified atom stereocenters. The van der Waals surface area contributed by atoms with Crippen LogP contribution in [0.5, 0.6) is 0 Å². The predicted octanol–water partition coefficient (Wildman–Crippen LogP) is 2.75. The number of aliphatic hydroxyl groups excluding tert-OH is 1. The van der Waals surface area contributed by atoms with Crippen LogP contribution in [0, 0.1) is 0 Å². The summed E-state index contributed by atoms with van der Waals surface area (Å²) >= 11 is 0. The third-order valence-corrected chi connectivity index (χ3v) is 5.61. The second kappa shape index (κ2) is 11.4. The second-order valence-corrected chi connectivity index (χ2v) is 9.74. The van der Waals surface area contributed by atoms with Crippen LogP contribution in [0.15, 0.2) is 28.7 Å². The molecule has 2 atom stereocenters. The van der Waals surface area contributed by atoms with Crippen molar-refractivity contribution in [3.63, 3.8) is 0 Å². The number of nitrogens with zero attached hydrogens (tertiary/aromatic N) is 3. The summed E-state index contributed by atoms with van der Waals surface area (Å²) in [6.45, 7) is 7.95. The molecule has 3 aromatic rings. The predicted molar refractivity (Wildman–Crippen MR) is 134 cm³/mol. The van der Waals surface area contributed by atoms with Crippen LogP contribution >= 0.6 is 0 Å². The van der Waals surface area contributed by atoms with Gasteiger partial charge in [0.2, 0.25) is 0 Å². The van der Waals surface area contributed by atoms with E-state index >= 15 is 0 Å². The van der Waals surface area contributed by atoms with Crippen LogP contribution in [0.25, 0.3) is 22.1 Å². The summed E-state index contributed by atoms with van der Waals surface area (Å²) in [5.74, 6) is -0.0990. The standard InChI is InChI=1S/C26H33N3O8/c1-5-35-21(31)15-34-11-10-33-14-20-27-22-17-8-6-7-9-19(17)36-23(22)24(28-20)29-13-16(30)12-18(29)25(32)37-26(2,3)4/h6-9,16,18,30H,5,10-15H2,1-4H3/t16-,18-/m0/s1. The lowest BCUT2D eigenvalue weighted by Crippen LogP contribution is -2.41. The number of esters is 2. The van der Waals surface area contributed by atoms with Crippen LogP contribution < -0.4 is 4.90 Å². The lowest BCUT2D eigenvalue weighted by atomic mass is 10.1. The molecule has 1 saturated heterocycles. The quantitative estimate of drug-likeness (QED) is 0.315. The van der Waals surface area contributed by atoms with Crippen molar-refractivity contribution in [2.24, 2.45) is 0 Å². The highest BCUT2D eigenvalue weighted by Crippen LogP contribution is 2.36. The Bertz CT molecular complexity index is 1250. The average molecular weight is 516 g/mol. The van der Waals surface area contributed by atoms with Gasteiger partial charge in [0.25, 0.3) is 0 Å². The molecular formula is C26H33N3O8. The normalized spacial score (nSPS) is 18.0. The SMILES string of the molecule is CCOC(=O)COCCOCc1nc(N2C[C@@H](O)C[C@H]2C(=O)OC(C)(C)C)c2oc3ccccc3c2n1. The van der Waals surface area contributed by atoms with E-state index in [1.54, 1.807) is 32.6 Å². The molecular weight excluding hydrogens is 482 g/mol. The number of anilines is 1. The minimum Gasteiger partial charge on any atom is -0.464 e. The lowest BCUT2D eigenvalue weighted by molar-refractivity contribution is -0.156. The summed E-state index contributed by atoms with van der Waals surface area (Å²) in [6.07, 6.45) is -0.521. The van der Waals surface area contributed by atoms with E-state index in [1.165, 1.54) is 0 Å². The van der Waals surface area contributed by atoms with E-state index < -0.39 is 29.7 Å². The number of rotatable bonds is 10. The summed E-state index contributed by atoms with van der Waals surface area (Å²) in [4.78, 5) is 35.5. The van der Waals surface area contributed by atoms with Gasteiger partial charge in [0, 0.05) is 18.4 Å². The molecule has 11 nitrogen and oxygen atoms in total. The number of para-hydroxylation sites is 1. The van der Waals surface area contributed by atoms with Gasteiger partial charge in [-0.2, -0.15) is 0 Å². The van der Waals surface area contributed by atoms with E-state index in [1.807, 2.05) is 24.3 Å². The fourth-order valence-corrected chi connectivity index (χ4v) is 4.16. The second-order valence-electron chi connectivity index (χ2n) is 9.74. The number of ether oxygens (including phenoxy) is 4. The van der Waals surface area contributed by atoms with Crippen molar-refractivity contribution in [3.05, 3.63) is 30.1 Å². The maximum absolute atomic E-state index is 13.0. The van der Waals surface area contributed by atoms with E-state index in [9.17, 15) is 14.7 Å². The van der Waals surface area contributed by atoms with Crippen molar-refractivity contribution in [1.29, 1.82) is 0 Å². The highest BCUT2D eigenvalue weighted by molar-refractivity contribution is 6.06. The molecule has 200 valence electrons. The maximum atomic E-state index is 13.0. The molecule has 0 radical (unpaired) electrons. The van der Waals surface area contributed by atoms with Crippen molar-refractivity contribution < 1.29 is 38.1 Å². The number of carbonyl (C=O) groups is 2. The zero-order valence-corrected chi connectivity index (χ0v) is 21.6. The smallest absolute Gasteiger partial charge is 0.332 e. The third-order valence-electron chi connectivity index (χ3n) is 5.61. The van der Waals surface area contributed by atoms with Crippen LogP contribution in [0.4, 0.5) is 5.82 Å². The molecule has 0 aliphatic carbocycles. The number of hydrogen-bond donors (Lipinski definition) is 1. The van der Waals surface area contributed by atoms with Crippen molar-refractivity contribution in [2.45, 2.75) is 58.5 Å². The van der Waals surface area contributed by atoms with Crippen LogP contribution in [0.1, 0.15) is 39.9 Å². The number of aliphatic hydroxyl groups is 1. The summed E-state index contributed by atoms with van der Waals surface area (Å²) in [7, 11) is 0. The summed E-state index contributed by atoms with van der Waals surface area (Å²) in [6, 6.07) is 6.75. The molecule has 1 N–H and O–H groups in total. The summed E-state index contributed by atoms with van der Waals surface area (Å²) < 4.78 is 27.5. The highest BCUT2D eigenvalue weighted by Gasteiger charge is 2.41. The Morgan fingerprint density at radius 3 is 2.68 bits per heavy atom. The Morgan fingerprint density at radius 1 is 1.16 bits per heavy atom. The molecule has 3 heterocycles. The number of aromatic nitrogens is 2. The molecule has 1 aliphatic heterocycles. The Kier molecular flexibility index (Phi) is 8.25. The first-order valence-electron chi connectivity index (χ1n) is 12.3. The fourth-order valence-electron chi connectivity index (χ4n) is 4.16. The van der Waals surface area contributed by atoms with E-state index in [0.29, 0.717) is 34.9 Å². The summed E-state index contributed by atoms with van der Waals surface area (Å²) in [5.41, 5.74) is 0.963. The van der Waals surface area contributed by atoms with Crippen LogP contribution in [-0.2, 0) is 35.1 Å². The number of β-amino-alcohol motifs (C(OH)–C–C–N with tert-alkyl or cyclic N) is 1. The molecule has 11 heteroatoms. The Balaban J connectivity index is 1.58. The van der Waals surface area contributed by atoms with Crippen LogP contribution in [0.2, 0.25) is 0 Å². The molecule has 4 rings (SSSR count). The van der Waals surface area contributed by atoms with E-state index in [2.05, 4.69) is 9.97 Å². The zero-order chi connectivity index (χ0) is 26.6. The first-order valence-corrected chi connectivity index (χ1v) is 12.3. The number of furan rings is 1. The topological polar surface area (TPSA) is 133 Å². The largest absolute Gasteiger partial charge is 0.464 e. The first kappa shape index (κ1) is 26.8. The molecule has 0 bridgehead atoms. The fraction of sp³-hybridized carbons (Fsp3) is 0.538. The molecule has 0 saturated carbocycles. The van der Waals surface area contributed by atoms with Crippen molar-refractivity contribution in [3.8, 4) is 0 Å². The van der Waals surface area contributed by atoms with E-state index in [4.69, 9.17) is 23.4 Å². The molecule has 0 spiro atoms. The molecule has 1 aliphatic rings. The van der Waals surface area contributed by atoms with Crippen LogP contribution in [-0.4, -0.2) is 77.7 Å². The van der Waals surface area contributed by atoms with Crippen molar-refractivity contribution >= 4 is 39.8 Å². The Labute approximate surface area is 214 Å². The lowest BCUT2D eigenvalue weighted by Gasteiger charge is -2.28. The van der Waals surface area contributed by atoms with Crippen LogP contribution in [0.3, 0.4) is 0 Å². The Hall–Kier alpha value is -3.28. The van der Waals surface area contributed by atoms with Gasteiger partial charge in [-0.15, -0.1) is 0 Å². The number of fused-ring (bicyclic) bond motifs is 3. The molecule has 2 aromatic heterocycles. The van der Waals surface area contributed by atoms with Gasteiger partial charge >= 0.3 is 11.9 Å². The first-order chi connectivity index (χ1) is 17.7. The molecule has 37 heavy (non-hydrogen) atoms. The monoisotopic (exact) mass is 515 g/mol. The van der Waals surface area contributed by atoms with Gasteiger partial charge < -0.3 is 33.4 Å². The number of hydrogen-bond acceptors (Lipinski definition) is 11. The van der Waals surface area contributed by atoms with Crippen molar-refractivity contribution in [1.82, 2.24) is 9.97 Å². The van der Waals surface area contributed by atoms with Gasteiger partial charge in [-0.1, -0.05) is 12.1 Å². The third kappa shape index (κ3) is 6.54. The number of benzene rings is 1. The van der Waals surface area contributed by atoms with Gasteiger partial charge in [-0.3, -0.25) is 0 Å². The molecule has 1 fully saturated rings. The minimum absolute atomic E-state index is 0.0682.